The number of carbonyl (C=O) groups excluding carboxylic acids is 1. The van der Waals surface area contributed by atoms with Gasteiger partial charge in [-0.2, -0.15) is 0 Å². The van der Waals surface area contributed by atoms with Gasteiger partial charge in [0.05, 0.1) is 12.2 Å². The molecule has 2 heterocycles. The third-order valence-corrected chi connectivity index (χ3v) is 3.04. The van der Waals surface area contributed by atoms with Crippen LogP contribution in [0.2, 0.25) is 0 Å². The number of amides is 1. The highest BCUT2D eigenvalue weighted by molar-refractivity contribution is 5.78. The summed E-state index contributed by atoms with van der Waals surface area (Å²) in [6, 6.07) is 6.22. The van der Waals surface area contributed by atoms with E-state index >= 15 is 0 Å². The van der Waals surface area contributed by atoms with Gasteiger partial charge in [-0.25, -0.2) is 4.98 Å². The Balaban J connectivity index is 2.01. The molecule has 0 aliphatic carbocycles. The minimum absolute atomic E-state index is 0.0439. The minimum atomic E-state index is 0.0439. The van der Waals surface area contributed by atoms with Crippen molar-refractivity contribution < 1.29 is 4.79 Å². The van der Waals surface area contributed by atoms with Gasteiger partial charge in [0.15, 0.2) is 0 Å². The Morgan fingerprint density at radius 3 is 2.85 bits per heavy atom. The Bertz CT molecular complexity index is 603. The SMILES string of the molecule is Cc1cccc2nc(CN(C)CC(=O)NC(C)C)cn12. The van der Waals surface area contributed by atoms with Crippen LogP contribution in [0.3, 0.4) is 0 Å². The van der Waals surface area contributed by atoms with Crippen molar-refractivity contribution in [1.82, 2.24) is 19.6 Å². The maximum Gasteiger partial charge on any atom is 0.234 e. The summed E-state index contributed by atoms with van der Waals surface area (Å²) in [6.07, 6.45) is 2.03. The second-order valence-corrected chi connectivity index (χ2v) is 5.52. The monoisotopic (exact) mass is 274 g/mol. The first kappa shape index (κ1) is 14.5. The first-order chi connectivity index (χ1) is 9.45. The normalized spacial score (nSPS) is 11.5. The molecule has 0 aliphatic rings. The number of aromatic nitrogens is 2. The average molecular weight is 274 g/mol. The summed E-state index contributed by atoms with van der Waals surface area (Å²) in [6.45, 7) is 7.02. The second-order valence-electron chi connectivity index (χ2n) is 5.52. The van der Waals surface area contributed by atoms with Crippen LogP contribution in [0.1, 0.15) is 25.2 Å². The van der Waals surface area contributed by atoms with E-state index < -0.39 is 0 Å². The summed E-state index contributed by atoms with van der Waals surface area (Å²) < 4.78 is 2.07. The number of likely N-dealkylation sites (N-methyl/N-ethyl adjacent to an activating group) is 1. The zero-order valence-corrected chi connectivity index (χ0v) is 12.6. The fourth-order valence-corrected chi connectivity index (χ4v) is 2.22. The summed E-state index contributed by atoms with van der Waals surface area (Å²) >= 11 is 0. The van der Waals surface area contributed by atoms with E-state index in [4.69, 9.17) is 0 Å². The van der Waals surface area contributed by atoms with Crippen LogP contribution in [0.15, 0.2) is 24.4 Å². The van der Waals surface area contributed by atoms with Crippen molar-refractivity contribution in [3.8, 4) is 0 Å². The lowest BCUT2D eigenvalue weighted by Crippen LogP contribution is -2.38. The Kier molecular flexibility index (Phi) is 4.39. The molecule has 2 aromatic heterocycles. The molecule has 1 N–H and O–H groups in total. The zero-order chi connectivity index (χ0) is 14.7. The molecule has 0 saturated heterocycles. The molecule has 2 rings (SSSR count). The maximum absolute atomic E-state index is 11.7. The number of nitrogens with zero attached hydrogens (tertiary/aromatic N) is 3. The van der Waals surface area contributed by atoms with Crippen LogP contribution in [-0.2, 0) is 11.3 Å². The van der Waals surface area contributed by atoms with E-state index in [0.29, 0.717) is 13.1 Å². The molecule has 0 radical (unpaired) electrons. The lowest BCUT2D eigenvalue weighted by molar-refractivity contribution is -0.122. The fourth-order valence-electron chi connectivity index (χ4n) is 2.22. The van der Waals surface area contributed by atoms with Gasteiger partial charge in [0.25, 0.3) is 0 Å². The molecule has 20 heavy (non-hydrogen) atoms. The molecule has 0 unspecified atom stereocenters. The van der Waals surface area contributed by atoms with Gasteiger partial charge in [-0.1, -0.05) is 6.07 Å². The number of carbonyl (C=O) groups is 1. The van der Waals surface area contributed by atoms with Gasteiger partial charge in [0.2, 0.25) is 5.91 Å². The zero-order valence-electron chi connectivity index (χ0n) is 12.6. The lowest BCUT2D eigenvalue weighted by Gasteiger charge is -2.16. The Labute approximate surface area is 119 Å². The van der Waals surface area contributed by atoms with Crippen LogP contribution in [0.5, 0.6) is 0 Å². The first-order valence-electron chi connectivity index (χ1n) is 6.87. The standard InChI is InChI=1S/C15H22N4O/c1-11(2)16-15(20)10-18(4)8-13-9-19-12(3)6-5-7-14(19)17-13/h5-7,9,11H,8,10H2,1-4H3,(H,16,20). The molecule has 0 aliphatic heterocycles. The summed E-state index contributed by atoms with van der Waals surface area (Å²) in [7, 11) is 1.93. The highest BCUT2D eigenvalue weighted by Crippen LogP contribution is 2.09. The Morgan fingerprint density at radius 2 is 2.20 bits per heavy atom. The predicted octanol–water partition coefficient (Wildman–Crippen LogP) is 1.60. The number of fused-ring (bicyclic) bond motifs is 1. The minimum Gasteiger partial charge on any atom is -0.353 e. The fraction of sp³-hybridized carbons (Fsp3) is 0.467. The van der Waals surface area contributed by atoms with Crippen LogP contribution in [0, 0.1) is 6.92 Å². The van der Waals surface area contributed by atoms with E-state index in [1.54, 1.807) is 0 Å². The molecule has 108 valence electrons. The van der Waals surface area contributed by atoms with Gasteiger partial charge in [-0.3, -0.25) is 9.69 Å². The molecule has 0 saturated carbocycles. The highest BCUT2D eigenvalue weighted by atomic mass is 16.2. The molecule has 0 atom stereocenters. The third-order valence-electron chi connectivity index (χ3n) is 3.04. The van der Waals surface area contributed by atoms with Crippen molar-refractivity contribution in [2.24, 2.45) is 0 Å². The van der Waals surface area contributed by atoms with Gasteiger partial charge in [-0.05, 0) is 40.0 Å². The quantitative estimate of drug-likeness (QED) is 0.901. The molecule has 0 bridgehead atoms. The van der Waals surface area contributed by atoms with Crippen molar-refractivity contribution in [2.75, 3.05) is 13.6 Å². The van der Waals surface area contributed by atoms with E-state index in [9.17, 15) is 4.79 Å². The molecule has 1 amide bonds. The van der Waals surface area contributed by atoms with Crippen molar-refractivity contribution in [3.63, 3.8) is 0 Å². The first-order valence-corrected chi connectivity index (χ1v) is 6.87. The molecule has 0 spiro atoms. The van der Waals surface area contributed by atoms with Crippen molar-refractivity contribution in [2.45, 2.75) is 33.4 Å². The van der Waals surface area contributed by atoms with Crippen molar-refractivity contribution in [3.05, 3.63) is 35.8 Å². The maximum atomic E-state index is 11.7. The molecule has 5 heteroatoms. The van der Waals surface area contributed by atoms with Gasteiger partial charge in [-0.15, -0.1) is 0 Å². The third kappa shape index (κ3) is 3.57. The van der Waals surface area contributed by atoms with Crippen LogP contribution < -0.4 is 5.32 Å². The van der Waals surface area contributed by atoms with Crippen LogP contribution >= 0.6 is 0 Å². The smallest absolute Gasteiger partial charge is 0.234 e. The summed E-state index contributed by atoms with van der Waals surface area (Å²) in [4.78, 5) is 18.2. The highest BCUT2D eigenvalue weighted by Gasteiger charge is 2.10. The number of nitrogens with one attached hydrogen (secondary N) is 1. The Hall–Kier alpha value is -1.88. The van der Waals surface area contributed by atoms with Gasteiger partial charge < -0.3 is 9.72 Å². The lowest BCUT2D eigenvalue weighted by atomic mass is 10.3. The number of hydrogen-bond donors (Lipinski definition) is 1. The van der Waals surface area contributed by atoms with Gasteiger partial charge in [0, 0.05) is 24.5 Å². The Morgan fingerprint density at radius 1 is 1.45 bits per heavy atom. The van der Waals surface area contributed by atoms with E-state index in [0.717, 1.165) is 17.0 Å². The predicted molar refractivity (Wildman–Crippen MR) is 79.5 cm³/mol. The molecule has 0 aromatic carbocycles. The summed E-state index contributed by atoms with van der Waals surface area (Å²) in [5.74, 6) is 0.0439. The largest absolute Gasteiger partial charge is 0.353 e. The van der Waals surface area contributed by atoms with Gasteiger partial charge in [0.1, 0.15) is 5.65 Å². The average Bonchev–Trinajstić information content (AvgIpc) is 2.71. The number of rotatable bonds is 5. The number of imidazole rings is 1. The van der Waals surface area contributed by atoms with Crippen LogP contribution in [0.4, 0.5) is 0 Å². The second kappa shape index (κ2) is 6.05. The molecular weight excluding hydrogens is 252 g/mol. The van der Waals surface area contributed by atoms with E-state index in [-0.39, 0.29) is 11.9 Å². The van der Waals surface area contributed by atoms with Gasteiger partial charge >= 0.3 is 0 Å². The summed E-state index contributed by atoms with van der Waals surface area (Å²) in [5.41, 5.74) is 3.07. The van der Waals surface area contributed by atoms with E-state index in [1.165, 1.54) is 0 Å². The molecule has 5 nitrogen and oxygen atoms in total. The van der Waals surface area contributed by atoms with Crippen molar-refractivity contribution in [1.29, 1.82) is 0 Å². The van der Waals surface area contributed by atoms with Crippen LogP contribution in [0.25, 0.3) is 5.65 Å². The molecular formula is C15H22N4O. The van der Waals surface area contributed by atoms with E-state index in [1.807, 2.05) is 44.1 Å². The summed E-state index contributed by atoms with van der Waals surface area (Å²) in [5, 5.41) is 2.89. The molecule has 2 aromatic rings. The number of hydrogen-bond acceptors (Lipinski definition) is 3. The topological polar surface area (TPSA) is 49.6 Å². The number of aryl methyl sites for hydroxylation is 1. The molecule has 0 fully saturated rings. The number of pyridine rings is 1. The van der Waals surface area contributed by atoms with Crippen LogP contribution in [-0.4, -0.2) is 39.8 Å². The van der Waals surface area contributed by atoms with E-state index in [2.05, 4.69) is 27.7 Å². The van der Waals surface area contributed by atoms with Crippen molar-refractivity contribution >= 4 is 11.6 Å².